The number of hydrogen-bond acceptors (Lipinski definition) is 4. The molecule has 1 aromatic carbocycles. The maximum atomic E-state index is 12.6. The molecule has 0 heterocycles. The zero-order valence-electron chi connectivity index (χ0n) is 10.7. The quantitative estimate of drug-likeness (QED) is 0.755. The predicted octanol–water partition coefficient (Wildman–Crippen LogP) is 2.23. The second-order valence-corrected chi connectivity index (χ2v) is 3.80. The number of aliphatic carboxylic acids is 1. The number of benzene rings is 1. The van der Waals surface area contributed by atoms with E-state index < -0.39 is 24.3 Å². The van der Waals surface area contributed by atoms with Gasteiger partial charge in [0.25, 0.3) is 0 Å². The van der Waals surface area contributed by atoms with Gasteiger partial charge in [0.05, 0.1) is 17.9 Å². The van der Waals surface area contributed by atoms with Gasteiger partial charge in [-0.3, -0.25) is 4.79 Å². The number of halogens is 3. The first-order valence-electron chi connectivity index (χ1n) is 5.63. The Balaban J connectivity index is 2.93. The van der Waals surface area contributed by atoms with Crippen molar-refractivity contribution in [2.75, 3.05) is 32.2 Å². The van der Waals surface area contributed by atoms with Gasteiger partial charge in [-0.2, -0.15) is 13.2 Å². The summed E-state index contributed by atoms with van der Waals surface area (Å²) in [6.45, 7) is -0.106. The zero-order chi connectivity index (χ0) is 15.2. The van der Waals surface area contributed by atoms with Gasteiger partial charge in [0.15, 0.2) is 0 Å². The molecule has 0 aliphatic heterocycles. The third-order valence-electron chi connectivity index (χ3n) is 2.28. The van der Waals surface area contributed by atoms with Crippen molar-refractivity contribution in [2.45, 2.75) is 6.18 Å². The first-order valence-corrected chi connectivity index (χ1v) is 5.63. The fraction of sp³-hybridized carbons (Fsp3) is 0.417. The summed E-state index contributed by atoms with van der Waals surface area (Å²) in [7, 11) is 1.46. The molecule has 0 aliphatic carbocycles. The Bertz CT molecular complexity index is 463. The minimum Gasteiger partial charge on any atom is -0.489 e. The zero-order valence-corrected chi connectivity index (χ0v) is 10.7. The Kier molecular flexibility index (Phi) is 5.63. The molecule has 20 heavy (non-hydrogen) atoms. The smallest absolute Gasteiger partial charge is 0.416 e. The molecule has 0 atom stereocenters. The summed E-state index contributed by atoms with van der Waals surface area (Å²) >= 11 is 0. The van der Waals surface area contributed by atoms with Crippen molar-refractivity contribution in [1.29, 1.82) is 0 Å². The number of carbonyl (C=O) groups is 1. The van der Waals surface area contributed by atoms with Crippen molar-refractivity contribution in [3.8, 4) is 5.75 Å². The third kappa shape index (κ3) is 4.96. The number of anilines is 1. The van der Waals surface area contributed by atoms with Gasteiger partial charge in [-0.25, -0.2) is 0 Å². The maximum absolute atomic E-state index is 12.6. The van der Waals surface area contributed by atoms with Crippen LogP contribution in [0.3, 0.4) is 0 Å². The Morgan fingerprint density at radius 2 is 2.05 bits per heavy atom. The van der Waals surface area contributed by atoms with Gasteiger partial charge in [0, 0.05) is 7.11 Å². The molecule has 0 saturated carbocycles. The standard InChI is InChI=1S/C12H14F3NO4/c1-19-4-5-20-10-3-2-8(12(13,14)15)6-9(10)16-7-11(17)18/h2-3,6,16H,4-5,7H2,1H3,(H,17,18). The molecule has 0 fully saturated rings. The normalized spacial score (nSPS) is 11.2. The number of methoxy groups -OCH3 is 1. The summed E-state index contributed by atoms with van der Waals surface area (Å²) in [6.07, 6.45) is -4.51. The van der Waals surface area contributed by atoms with Crippen LogP contribution >= 0.6 is 0 Å². The molecular formula is C12H14F3NO4. The van der Waals surface area contributed by atoms with E-state index in [-0.39, 0.29) is 24.7 Å². The molecule has 0 radical (unpaired) electrons. The third-order valence-corrected chi connectivity index (χ3v) is 2.28. The minimum absolute atomic E-state index is 0.0293. The van der Waals surface area contributed by atoms with Crippen molar-refractivity contribution in [2.24, 2.45) is 0 Å². The van der Waals surface area contributed by atoms with E-state index in [2.05, 4.69) is 5.32 Å². The lowest BCUT2D eigenvalue weighted by Crippen LogP contribution is -2.15. The molecule has 0 aliphatic rings. The molecular weight excluding hydrogens is 279 g/mol. The summed E-state index contributed by atoms with van der Waals surface area (Å²) in [5.74, 6) is -1.05. The lowest BCUT2D eigenvalue weighted by atomic mass is 10.1. The Labute approximate surface area is 113 Å². The second kappa shape index (κ2) is 6.99. The molecule has 1 rings (SSSR count). The van der Waals surface area contributed by atoms with E-state index >= 15 is 0 Å². The second-order valence-electron chi connectivity index (χ2n) is 3.80. The summed E-state index contributed by atoms with van der Waals surface area (Å²) < 4.78 is 47.8. The first kappa shape index (κ1) is 16.1. The minimum atomic E-state index is -4.51. The van der Waals surface area contributed by atoms with Gasteiger partial charge in [0.2, 0.25) is 0 Å². The summed E-state index contributed by atoms with van der Waals surface area (Å²) in [6, 6.07) is 2.82. The molecule has 1 aromatic rings. The molecule has 0 aromatic heterocycles. The van der Waals surface area contributed by atoms with Crippen LogP contribution in [0.15, 0.2) is 18.2 Å². The lowest BCUT2D eigenvalue weighted by Gasteiger charge is -2.15. The van der Waals surface area contributed by atoms with E-state index in [9.17, 15) is 18.0 Å². The van der Waals surface area contributed by atoms with Crippen LogP contribution in [0.5, 0.6) is 5.75 Å². The van der Waals surface area contributed by atoms with E-state index in [0.29, 0.717) is 0 Å². The highest BCUT2D eigenvalue weighted by molar-refractivity contribution is 5.74. The molecule has 0 bridgehead atoms. The van der Waals surface area contributed by atoms with Crippen molar-refractivity contribution in [3.05, 3.63) is 23.8 Å². The fourth-order valence-corrected chi connectivity index (χ4v) is 1.38. The number of carboxylic acids is 1. The molecule has 0 saturated heterocycles. The van der Waals surface area contributed by atoms with Crippen LogP contribution < -0.4 is 10.1 Å². The SMILES string of the molecule is COCCOc1ccc(C(F)(F)F)cc1NCC(=O)O. The van der Waals surface area contributed by atoms with Crippen molar-refractivity contribution in [3.63, 3.8) is 0 Å². The van der Waals surface area contributed by atoms with Crippen LogP contribution in [0.2, 0.25) is 0 Å². The van der Waals surface area contributed by atoms with Gasteiger partial charge in [-0.1, -0.05) is 0 Å². The highest BCUT2D eigenvalue weighted by atomic mass is 19.4. The number of nitrogens with one attached hydrogen (secondary N) is 1. The summed E-state index contributed by atoms with van der Waals surface area (Å²) in [5.41, 5.74) is -0.914. The monoisotopic (exact) mass is 293 g/mol. The Morgan fingerprint density at radius 1 is 1.35 bits per heavy atom. The molecule has 8 heteroatoms. The Morgan fingerprint density at radius 3 is 2.60 bits per heavy atom. The van der Waals surface area contributed by atoms with Gasteiger partial charge in [-0.15, -0.1) is 0 Å². The molecule has 0 unspecified atom stereocenters. The molecule has 112 valence electrons. The number of hydrogen-bond donors (Lipinski definition) is 2. The average molecular weight is 293 g/mol. The van der Waals surface area contributed by atoms with E-state index in [1.165, 1.54) is 7.11 Å². The summed E-state index contributed by atoms with van der Waals surface area (Å²) in [5, 5.41) is 11.0. The van der Waals surface area contributed by atoms with Crippen molar-refractivity contribution < 1.29 is 32.5 Å². The van der Waals surface area contributed by atoms with Crippen molar-refractivity contribution >= 4 is 11.7 Å². The highest BCUT2D eigenvalue weighted by Crippen LogP contribution is 2.34. The lowest BCUT2D eigenvalue weighted by molar-refractivity contribution is -0.137. The topological polar surface area (TPSA) is 67.8 Å². The van der Waals surface area contributed by atoms with Crippen LogP contribution in [0.1, 0.15) is 5.56 Å². The van der Waals surface area contributed by atoms with Gasteiger partial charge >= 0.3 is 12.1 Å². The molecule has 0 spiro atoms. The highest BCUT2D eigenvalue weighted by Gasteiger charge is 2.31. The largest absolute Gasteiger partial charge is 0.489 e. The molecule has 5 nitrogen and oxygen atoms in total. The summed E-state index contributed by atoms with van der Waals surface area (Å²) in [4.78, 5) is 10.5. The molecule has 2 N–H and O–H groups in total. The van der Waals surface area contributed by atoms with Gasteiger partial charge in [0.1, 0.15) is 18.9 Å². The number of rotatable bonds is 7. The van der Waals surface area contributed by atoms with E-state index in [1.54, 1.807) is 0 Å². The maximum Gasteiger partial charge on any atom is 0.416 e. The first-order chi connectivity index (χ1) is 9.34. The van der Waals surface area contributed by atoms with E-state index in [4.69, 9.17) is 14.6 Å². The predicted molar refractivity (Wildman–Crippen MR) is 64.9 cm³/mol. The fourth-order valence-electron chi connectivity index (χ4n) is 1.38. The van der Waals surface area contributed by atoms with E-state index in [1.807, 2.05) is 0 Å². The Hall–Kier alpha value is -1.96. The van der Waals surface area contributed by atoms with Crippen LogP contribution in [-0.2, 0) is 15.7 Å². The number of carboxylic acid groups (broad SMARTS) is 1. The van der Waals surface area contributed by atoms with Crippen LogP contribution in [0.25, 0.3) is 0 Å². The molecule has 0 amide bonds. The number of alkyl halides is 3. The number of ether oxygens (including phenoxy) is 2. The van der Waals surface area contributed by atoms with Gasteiger partial charge < -0.3 is 19.9 Å². The van der Waals surface area contributed by atoms with E-state index in [0.717, 1.165) is 18.2 Å². The van der Waals surface area contributed by atoms with Crippen LogP contribution in [-0.4, -0.2) is 37.9 Å². The average Bonchev–Trinajstić information content (AvgIpc) is 2.36. The van der Waals surface area contributed by atoms with Crippen LogP contribution in [0.4, 0.5) is 18.9 Å². The van der Waals surface area contributed by atoms with Crippen molar-refractivity contribution in [1.82, 2.24) is 0 Å². The van der Waals surface area contributed by atoms with Gasteiger partial charge in [-0.05, 0) is 18.2 Å². The van der Waals surface area contributed by atoms with Crippen LogP contribution in [0, 0.1) is 0 Å².